The molecule has 0 spiro atoms. The first-order chi connectivity index (χ1) is 8.51. The number of carbonyl (C=O) groups is 2. The van der Waals surface area contributed by atoms with E-state index in [1.54, 1.807) is 31.2 Å². The maximum Gasteiger partial charge on any atom is 0.365 e. The fourth-order valence-electron chi connectivity index (χ4n) is 1.90. The second-order valence-electron chi connectivity index (χ2n) is 3.93. The van der Waals surface area contributed by atoms with Gasteiger partial charge in [-0.15, -0.1) is 0 Å². The monoisotopic (exact) mass is 250 g/mol. The van der Waals surface area contributed by atoms with Crippen molar-refractivity contribution in [1.82, 2.24) is 4.90 Å². The molecule has 0 saturated heterocycles. The molecule has 1 unspecified atom stereocenters. The molecule has 1 heterocycles. The van der Waals surface area contributed by atoms with Crippen LogP contribution in [-0.4, -0.2) is 35.7 Å². The SMILES string of the molecule is CCOC(=O)C1(O)c2ccccc2NC(=O)N1C. The number of ether oxygens (including phenoxy) is 1. The molecule has 0 aromatic heterocycles. The summed E-state index contributed by atoms with van der Waals surface area (Å²) in [7, 11) is 1.34. The number of carbonyl (C=O) groups excluding carboxylic acids is 2. The highest BCUT2D eigenvalue weighted by Gasteiger charge is 2.50. The van der Waals surface area contributed by atoms with Crippen LogP contribution in [0.2, 0.25) is 0 Å². The second kappa shape index (κ2) is 4.30. The summed E-state index contributed by atoms with van der Waals surface area (Å²) in [5.41, 5.74) is -1.39. The minimum absolute atomic E-state index is 0.124. The third kappa shape index (κ3) is 1.62. The van der Waals surface area contributed by atoms with Crippen molar-refractivity contribution in [2.24, 2.45) is 0 Å². The minimum atomic E-state index is -2.09. The van der Waals surface area contributed by atoms with E-state index in [1.165, 1.54) is 7.05 Å². The van der Waals surface area contributed by atoms with Crippen LogP contribution in [-0.2, 0) is 15.3 Å². The van der Waals surface area contributed by atoms with Gasteiger partial charge < -0.3 is 15.2 Å². The Bertz CT molecular complexity index is 503. The minimum Gasteiger partial charge on any atom is -0.462 e. The standard InChI is InChI=1S/C12H14N2O4/c1-3-18-10(15)12(17)8-6-4-5-7-9(8)13-11(16)14(12)2/h4-7,17H,3H2,1-2H3,(H,13,16). The Hall–Kier alpha value is -2.08. The number of esters is 1. The Kier molecular flexibility index (Phi) is 2.96. The van der Waals surface area contributed by atoms with E-state index in [-0.39, 0.29) is 6.61 Å². The maximum atomic E-state index is 11.9. The number of likely N-dealkylation sites (N-methyl/N-ethyl adjacent to an activating group) is 1. The van der Waals surface area contributed by atoms with Gasteiger partial charge in [0.25, 0.3) is 5.72 Å². The fourth-order valence-corrected chi connectivity index (χ4v) is 1.90. The zero-order valence-electron chi connectivity index (χ0n) is 10.1. The van der Waals surface area contributed by atoms with Crippen LogP contribution in [0.1, 0.15) is 12.5 Å². The van der Waals surface area contributed by atoms with Gasteiger partial charge in [0.2, 0.25) is 0 Å². The van der Waals surface area contributed by atoms with E-state index < -0.39 is 17.7 Å². The first kappa shape index (κ1) is 12.4. The number of nitrogens with zero attached hydrogens (tertiary/aromatic N) is 1. The maximum absolute atomic E-state index is 11.9. The van der Waals surface area contributed by atoms with Crippen molar-refractivity contribution in [3.63, 3.8) is 0 Å². The highest BCUT2D eigenvalue weighted by molar-refractivity contribution is 5.99. The van der Waals surface area contributed by atoms with Crippen molar-refractivity contribution >= 4 is 17.7 Å². The number of fused-ring (bicyclic) bond motifs is 1. The summed E-state index contributed by atoms with van der Waals surface area (Å²) in [5.74, 6) is -0.866. The molecule has 1 aliphatic heterocycles. The molecule has 2 N–H and O–H groups in total. The number of aliphatic hydroxyl groups is 1. The van der Waals surface area contributed by atoms with Crippen LogP contribution < -0.4 is 5.32 Å². The van der Waals surface area contributed by atoms with Gasteiger partial charge in [0.1, 0.15) is 0 Å². The first-order valence-electron chi connectivity index (χ1n) is 5.55. The van der Waals surface area contributed by atoms with Gasteiger partial charge >= 0.3 is 12.0 Å². The van der Waals surface area contributed by atoms with E-state index in [1.807, 2.05) is 0 Å². The van der Waals surface area contributed by atoms with E-state index in [4.69, 9.17) is 4.74 Å². The average molecular weight is 250 g/mol. The van der Waals surface area contributed by atoms with Gasteiger partial charge in [-0.1, -0.05) is 18.2 Å². The van der Waals surface area contributed by atoms with E-state index in [2.05, 4.69) is 5.32 Å². The van der Waals surface area contributed by atoms with Crippen LogP contribution in [0.25, 0.3) is 0 Å². The number of amides is 2. The molecule has 6 nitrogen and oxygen atoms in total. The lowest BCUT2D eigenvalue weighted by atomic mass is 9.97. The normalized spacial score (nSPS) is 22.2. The van der Waals surface area contributed by atoms with Crippen molar-refractivity contribution < 1.29 is 19.4 Å². The molecule has 0 radical (unpaired) electrons. The largest absolute Gasteiger partial charge is 0.462 e. The molecular formula is C12H14N2O4. The van der Waals surface area contributed by atoms with Crippen LogP contribution in [0.5, 0.6) is 0 Å². The van der Waals surface area contributed by atoms with Crippen molar-refractivity contribution in [2.75, 3.05) is 19.0 Å². The number of benzene rings is 1. The Morgan fingerprint density at radius 2 is 2.17 bits per heavy atom. The van der Waals surface area contributed by atoms with Gasteiger partial charge in [-0.05, 0) is 13.0 Å². The number of nitrogens with one attached hydrogen (secondary N) is 1. The highest BCUT2D eigenvalue weighted by atomic mass is 16.6. The van der Waals surface area contributed by atoms with Gasteiger partial charge in [-0.2, -0.15) is 0 Å². The Morgan fingerprint density at radius 1 is 1.50 bits per heavy atom. The molecule has 1 aliphatic rings. The van der Waals surface area contributed by atoms with Gasteiger partial charge in [0.05, 0.1) is 12.3 Å². The first-order valence-corrected chi connectivity index (χ1v) is 5.55. The number of hydrogen-bond acceptors (Lipinski definition) is 4. The van der Waals surface area contributed by atoms with Crippen LogP contribution >= 0.6 is 0 Å². The summed E-state index contributed by atoms with van der Waals surface area (Å²) < 4.78 is 4.85. The van der Waals surface area contributed by atoms with Gasteiger partial charge in [0.15, 0.2) is 0 Å². The number of urea groups is 1. The quantitative estimate of drug-likeness (QED) is 0.763. The smallest absolute Gasteiger partial charge is 0.365 e. The summed E-state index contributed by atoms with van der Waals surface area (Å²) in [6, 6.07) is 6.00. The molecule has 1 aromatic carbocycles. The van der Waals surface area contributed by atoms with E-state index >= 15 is 0 Å². The molecule has 1 atom stereocenters. The molecular weight excluding hydrogens is 236 g/mol. The molecule has 18 heavy (non-hydrogen) atoms. The predicted molar refractivity (Wildman–Crippen MR) is 63.8 cm³/mol. The van der Waals surface area contributed by atoms with Crippen LogP contribution in [0.15, 0.2) is 24.3 Å². The molecule has 0 bridgehead atoms. The van der Waals surface area contributed by atoms with Gasteiger partial charge in [0, 0.05) is 12.6 Å². The number of para-hydroxylation sites is 1. The van der Waals surface area contributed by atoms with E-state index in [0.29, 0.717) is 11.3 Å². The predicted octanol–water partition coefficient (Wildman–Crippen LogP) is 0.872. The van der Waals surface area contributed by atoms with Crippen molar-refractivity contribution in [3.05, 3.63) is 29.8 Å². The van der Waals surface area contributed by atoms with E-state index in [0.717, 1.165) is 4.90 Å². The second-order valence-corrected chi connectivity index (χ2v) is 3.93. The molecule has 2 rings (SSSR count). The lowest BCUT2D eigenvalue weighted by Gasteiger charge is -2.39. The summed E-state index contributed by atoms with van der Waals surface area (Å²) in [5, 5.41) is 13.1. The van der Waals surface area contributed by atoms with Crippen molar-refractivity contribution in [2.45, 2.75) is 12.6 Å². The number of hydrogen-bond donors (Lipinski definition) is 2. The van der Waals surface area contributed by atoms with Crippen molar-refractivity contribution in [1.29, 1.82) is 0 Å². The zero-order valence-corrected chi connectivity index (χ0v) is 10.1. The summed E-state index contributed by atoms with van der Waals surface area (Å²) >= 11 is 0. The molecule has 2 amide bonds. The average Bonchev–Trinajstić information content (AvgIpc) is 2.36. The summed E-state index contributed by atoms with van der Waals surface area (Å²) in [6.07, 6.45) is 0. The topological polar surface area (TPSA) is 78.9 Å². The fraction of sp³-hybridized carbons (Fsp3) is 0.333. The van der Waals surface area contributed by atoms with Gasteiger partial charge in [-0.3, -0.25) is 4.90 Å². The summed E-state index contributed by atoms with van der Waals surface area (Å²) in [6.45, 7) is 1.76. The zero-order chi connectivity index (χ0) is 13.3. The summed E-state index contributed by atoms with van der Waals surface area (Å²) in [4.78, 5) is 24.6. The number of anilines is 1. The molecule has 0 fully saturated rings. The highest BCUT2D eigenvalue weighted by Crippen LogP contribution is 2.36. The molecule has 0 aliphatic carbocycles. The van der Waals surface area contributed by atoms with Crippen LogP contribution in [0.3, 0.4) is 0 Å². The third-order valence-corrected chi connectivity index (χ3v) is 2.89. The van der Waals surface area contributed by atoms with Gasteiger partial charge in [-0.25, -0.2) is 9.59 Å². The Balaban J connectivity index is 2.56. The van der Waals surface area contributed by atoms with Crippen molar-refractivity contribution in [3.8, 4) is 0 Å². The molecule has 96 valence electrons. The molecule has 6 heteroatoms. The van der Waals surface area contributed by atoms with Crippen LogP contribution in [0, 0.1) is 0 Å². The Labute approximate surface area is 104 Å². The molecule has 0 saturated carbocycles. The van der Waals surface area contributed by atoms with E-state index in [9.17, 15) is 14.7 Å². The lowest BCUT2D eigenvalue weighted by molar-refractivity contribution is -0.183. The third-order valence-electron chi connectivity index (χ3n) is 2.89. The molecule has 1 aromatic rings. The van der Waals surface area contributed by atoms with Crippen LogP contribution in [0.4, 0.5) is 10.5 Å². The lowest BCUT2D eigenvalue weighted by Crippen LogP contribution is -2.57. The Morgan fingerprint density at radius 3 is 2.83 bits per heavy atom. The number of rotatable bonds is 2.